The fraction of sp³-hybridized carbons (Fsp3) is 0.923. The monoisotopic (exact) mass is 224 g/mol. The summed E-state index contributed by atoms with van der Waals surface area (Å²) in [5, 5.41) is 0. The Morgan fingerprint density at radius 2 is 1.88 bits per heavy atom. The Kier molecular flexibility index (Phi) is 4.36. The first-order valence-corrected chi connectivity index (χ1v) is 6.70. The fourth-order valence-corrected chi connectivity index (χ4v) is 2.85. The summed E-state index contributed by atoms with van der Waals surface area (Å²) in [6, 6.07) is 0.653. The van der Waals surface area contributed by atoms with Gasteiger partial charge in [-0.2, -0.15) is 0 Å². The van der Waals surface area contributed by atoms with Crippen molar-refractivity contribution in [3.8, 4) is 0 Å². The SMILES string of the molecule is CN(CCN1CCCC1)C1CCC(=O)CC1. The van der Waals surface area contributed by atoms with Crippen LogP contribution >= 0.6 is 0 Å². The lowest BCUT2D eigenvalue weighted by atomic mass is 9.93. The number of likely N-dealkylation sites (tertiary alicyclic amines) is 1. The number of hydrogen-bond donors (Lipinski definition) is 0. The molecule has 0 aromatic carbocycles. The van der Waals surface area contributed by atoms with E-state index in [2.05, 4.69) is 16.8 Å². The molecule has 1 saturated heterocycles. The van der Waals surface area contributed by atoms with Crippen molar-refractivity contribution in [2.24, 2.45) is 0 Å². The van der Waals surface area contributed by atoms with E-state index in [0.29, 0.717) is 11.8 Å². The second kappa shape index (κ2) is 5.78. The van der Waals surface area contributed by atoms with Crippen LogP contribution in [-0.4, -0.2) is 54.9 Å². The van der Waals surface area contributed by atoms with Crippen molar-refractivity contribution in [1.82, 2.24) is 9.80 Å². The van der Waals surface area contributed by atoms with Crippen molar-refractivity contribution in [2.45, 2.75) is 44.6 Å². The van der Waals surface area contributed by atoms with Crippen LogP contribution in [0.2, 0.25) is 0 Å². The second-order valence-electron chi connectivity index (χ2n) is 5.30. The lowest BCUT2D eigenvalue weighted by Gasteiger charge is -2.31. The van der Waals surface area contributed by atoms with Crippen molar-refractivity contribution in [3.63, 3.8) is 0 Å². The van der Waals surface area contributed by atoms with Crippen LogP contribution in [0.4, 0.5) is 0 Å². The lowest BCUT2D eigenvalue weighted by Crippen LogP contribution is -2.39. The molecule has 2 fully saturated rings. The van der Waals surface area contributed by atoms with Gasteiger partial charge in [0.2, 0.25) is 0 Å². The molecule has 3 nitrogen and oxygen atoms in total. The molecule has 0 N–H and O–H groups in total. The molecule has 2 aliphatic rings. The molecule has 0 unspecified atom stereocenters. The van der Waals surface area contributed by atoms with Crippen LogP contribution in [0.1, 0.15) is 38.5 Å². The van der Waals surface area contributed by atoms with Crippen LogP contribution in [0.3, 0.4) is 0 Å². The highest BCUT2D eigenvalue weighted by molar-refractivity contribution is 5.79. The van der Waals surface area contributed by atoms with Gasteiger partial charge in [-0.3, -0.25) is 4.79 Å². The van der Waals surface area contributed by atoms with E-state index in [9.17, 15) is 4.79 Å². The smallest absolute Gasteiger partial charge is 0.133 e. The Balaban J connectivity index is 1.66. The van der Waals surface area contributed by atoms with Crippen LogP contribution in [0.5, 0.6) is 0 Å². The molecule has 1 heterocycles. The number of hydrogen-bond acceptors (Lipinski definition) is 3. The topological polar surface area (TPSA) is 23.6 Å². The van der Waals surface area contributed by atoms with E-state index in [1.54, 1.807) is 0 Å². The summed E-state index contributed by atoms with van der Waals surface area (Å²) >= 11 is 0. The van der Waals surface area contributed by atoms with Crippen molar-refractivity contribution in [3.05, 3.63) is 0 Å². The van der Waals surface area contributed by atoms with Gasteiger partial charge in [0, 0.05) is 32.0 Å². The van der Waals surface area contributed by atoms with Crippen molar-refractivity contribution in [2.75, 3.05) is 33.2 Å². The Bertz CT molecular complexity index is 226. The Morgan fingerprint density at radius 1 is 1.25 bits per heavy atom. The molecule has 1 aliphatic carbocycles. The highest BCUT2D eigenvalue weighted by Gasteiger charge is 2.22. The van der Waals surface area contributed by atoms with E-state index in [1.807, 2.05) is 0 Å². The molecule has 0 aromatic rings. The van der Waals surface area contributed by atoms with Gasteiger partial charge in [-0.15, -0.1) is 0 Å². The van der Waals surface area contributed by atoms with E-state index in [-0.39, 0.29) is 0 Å². The van der Waals surface area contributed by atoms with Crippen LogP contribution in [0, 0.1) is 0 Å². The molecule has 3 heteroatoms. The summed E-state index contributed by atoms with van der Waals surface area (Å²) in [5.41, 5.74) is 0. The Morgan fingerprint density at radius 3 is 2.50 bits per heavy atom. The first-order valence-electron chi connectivity index (χ1n) is 6.70. The third-order valence-corrected chi connectivity index (χ3v) is 4.10. The first kappa shape index (κ1) is 12.1. The first-order chi connectivity index (χ1) is 7.75. The maximum atomic E-state index is 11.2. The van der Waals surface area contributed by atoms with Crippen LogP contribution in [0.25, 0.3) is 0 Å². The van der Waals surface area contributed by atoms with Crippen molar-refractivity contribution in [1.29, 1.82) is 0 Å². The fourth-order valence-electron chi connectivity index (χ4n) is 2.85. The average Bonchev–Trinajstić information content (AvgIpc) is 2.80. The zero-order valence-electron chi connectivity index (χ0n) is 10.5. The van der Waals surface area contributed by atoms with Crippen LogP contribution in [-0.2, 0) is 4.79 Å². The third-order valence-electron chi connectivity index (χ3n) is 4.10. The third kappa shape index (κ3) is 3.29. The van der Waals surface area contributed by atoms with Gasteiger partial charge in [0.05, 0.1) is 0 Å². The Labute approximate surface area is 98.8 Å². The number of rotatable bonds is 4. The molecule has 0 bridgehead atoms. The van der Waals surface area contributed by atoms with E-state index < -0.39 is 0 Å². The van der Waals surface area contributed by atoms with Gasteiger partial charge in [-0.1, -0.05) is 0 Å². The number of Topliss-reactive ketones (excluding diaryl/α,β-unsaturated/α-hetero) is 1. The molecule has 0 radical (unpaired) electrons. The van der Waals surface area contributed by atoms with Gasteiger partial charge in [-0.25, -0.2) is 0 Å². The molecule has 0 atom stereocenters. The molecule has 92 valence electrons. The van der Waals surface area contributed by atoms with Gasteiger partial charge in [0.15, 0.2) is 0 Å². The normalized spacial score (nSPS) is 24.5. The molecule has 16 heavy (non-hydrogen) atoms. The van der Waals surface area contributed by atoms with Crippen molar-refractivity contribution < 1.29 is 4.79 Å². The molecule has 0 amide bonds. The summed E-state index contributed by atoms with van der Waals surface area (Å²) in [4.78, 5) is 16.2. The molecule has 0 spiro atoms. The minimum absolute atomic E-state index is 0.462. The molecule has 2 rings (SSSR count). The number of likely N-dealkylation sites (N-methyl/N-ethyl adjacent to an activating group) is 1. The van der Waals surface area contributed by atoms with Gasteiger partial charge >= 0.3 is 0 Å². The largest absolute Gasteiger partial charge is 0.302 e. The number of ketones is 1. The zero-order chi connectivity index (χ0) is 11.4. The van der Waals surface area contributed by atoms with Gasteiger partial charge in [0.1, 0.15) is 5.78 Å². The zero-order valence-corrected chi connectivity index (χ0v) is 10.5. The molecular formula is C13H24N2O. The standard InChI is InChI=1S/C13H24N2O/c1-14(10-11-15-8-2-3-9-15)12-4-6-13(16)7-5-12/h12H,2-11H2,1H3. The van der Waals surface area contributed by atoms with Crippen LogP contribution in [0.15, 0.2) is 0 Å². The molecule has 1 saturated carbocycles. The highest BCUT2D eigenvalue weighted by Crippen LogP contribution is 2.19. The quantitative estimate of drug-likeness (QED) is 0.723. The molecule has 1 aliphatic heterocycles. The summed E-state index contributed by atoms with van der Waals surface area (Å²) in [7, 11) is 2.22. The number of carbonyl (C=O) groups is 1. The van der Waals surface area contributed by atoms with E-state index >= 15 is 0 Å². The minimum atomic E-state index is 0.462. The summed E-state index contributed by atoms with van der Waals surface area (Å²) in [5.74, 6) is 0.462. The van der Waals surface area contributed by atoms with Gasteiger partial charge in [0.25, 0.3) is 0 Å². The average molecular weight is 224 g/mol. The number of nitrogens with zero attached hydrogens (tertiary/aromatic N) is 2. The summed E-state index contributed by atoms with van der Waals surface area (Å²) in [6.07, 6.45) is 6.52. The second-order valence-corrected chi connectivity index (χ2v) is 5.30. The predicted molar refractivity (Wildman–Crippen MR) is 65.6 cm³/mol. The van der Waals surface area contributed by atoms with Crippen LogP contribution < -0.4 is 0 Å². The maximum Gasteiger partial charge on any atom is 0.133 e. The molecule has 0 aromatic heterocycles. The summed E-state index contributed by atoms with van der Waals surface area (Å²) < 4.78 is 0. The van der Waals surface area contributed by atoms with E-state index in [0.717, 1.165) is 25.7 Å². The maximum absolute atomic E-state index is 11.2. The minimum Gasteiger partial charge on any atom is -0.302 e. The van der Waals surface area contributed by atoms with Gasteiger partial charge in [-0.05, 0) is 45.8 Å². The predicted octanol–water partition coefficient (Wildman–Crippen LogP) is 1.53. The Hall–Kier alpha value is -0.410. The highest BCUT2D eigenvalue weighted by atomic mass is 16.1. The van der Waals surface area contributed by atoms with E-state index in [4.69, 9.17) is 0 Å². The van der Waals surface area contributed by atoms with Gasteiger partial charge < -0.3 is 9.80 Å². The molecular weight excluding hydrogens is 200 g/mol. The summed E-state index contributed by atoms with van der Waals surface area (Å²) in [6.45, 7) is 4.95. The van der Waals surface area contributed by atoms with Crippen molar-refractivity contribution >= 4 is 5.78 Å². The van der Waals surface area contributed by atoms with E-state index in [1.165, 1.54) is 39.0 Å². The number of carbonyl (C=O) groups excluding carboxylic acids is 1. The lowest BCUT2D eigenvalue weighted by molar-refractivity contribution is -0.121.